The van der Waals surface area contributed by atoms with Crippen molar-refractivity contribution < 1.29 is 0 Å². The van der Waals surface area contributed by atoms with Crippen LogP contribution in [0.1, 0.15) is 5.56 Å². The molecular formula is C8H8N2O. The summed E-state index contributed by atoms with van der Waals surface area (Å²) >= 11 is 0. The van der Waals surface area contributed by atoms with Gasteiger partial charge >= 0.3 is 0 Å². The van der Waals surface area contributed by atoms with Gasteiger partial charge in [-0.1, -0.05) is 0 Å². The van der Waals surface area contributed by atoms with Crippen LogP contribution in [0.25, 0.3) is 0 Å². The summed E-state index contributed by atoms with van der Waals surface area (Å²) in [4.78, 5) is 10.1. The highest BCUT2D eigenvalue weighted by Gasteiger charge is 2.09. The van der Waals surface area contributed by atoms with Gasteiger partial charge in [-0.25, -0.2) is 0 Å². The van der Waals surface area contributed by atoms with E-state index < -0.39 is 0 Å². The van der Waals surface area contributed by atoms with Crippen LogP contribution in [-0.4, -0.2) is 6.54 Å². The van der Waals surface area contributed by atoms with E-state index in [1.807, 2.05) is 12.1 Å². The van der Waals surface area contributed by atoms with E-state index in [2.05, 4.69) is 10.5 Å². The van der Waals surface area contributed by atoms with E-state index in [0.717, 1.165) is 18.7 Å². The van der Waals surface area contributed by atoms with E-state index >= 15 is 0 Å². The number of nitrogens with zero attached hydrogens (tertiary/aromatic N) is 1. The Morgan fingerprint density at radius 3 is 3.18 bits per heavy atom. The monoisotopic (exact) mass is 148 g/mol. The maximum atomic E-state index is 10.1. The number of hydrogen-bond acceptors (Lipinski definition) is 3. The van der Waals surface area contributed by atoms with Gasteiger partial charge in [-0.2, -0.15) is 0 Å². The van der Waals surface area contributed by atoms with Crippen LogP contribution in [0.2, 0.25) is 0 Å². The molecule has 0 saturated carbocycles. The van der Waals surface area contributed by atoms with Crippen molar-refractivity contribution in [2.24, 2.45) is 5.18 Å². The number of nitroso groups, excluding NO2 is 1. The summed E-state index contributed by atoms with van der Waals surface area (Å²) in [6.45, 7) is 0.970. The van der Waals surface area contributed by atoms with Crippen molar-refractivity contribution >= 4 is 11.4 Å². The lowest BCUT2D eigenvalue weighted by atomic mass is 10.1. The lowest BCUT2D eigenvalue weighted by Crippen LogP contribution is -1.90. The Kier molecular flexibility index (Phi) is 1.35. The largest absolute Gasteiger partial charge is 0.384 e. The van der Waals surface area contributed by atoms with Gasteiger partial charge in [0.1, 0.15) is 5.69 Å². The second-order valence-electron chi connectivity index (χ2n) is 2.61. The summed E-state index contributed by atoms with van der Waals surface area (Å²) in [5.41, 5.74) is 2.85. The lowest BCUT2D eigenvalue weighted by molar-refractivity contribution is 1.11. The topological polar surface area (TPSA) is 41.5 Å². The smallest absolute Gasteiger partial charge is 0.108 e. The second kappa shape index (κ2) is 2.34. The molecule has 0 radical (unpaired) electrons. The number of anilines is 1. The minimum absolute atomic E-state index is 0.521. The van der Waals surface area contributed by atoms with Crippen molar-refractivity contribution in [1.82, 2.24) is 0 Å². The van der Waals surface area contributed by atoms with E-state index in [1.165, 1.54) is 5.56 Å². The van der Waals surface area contributed by atoms with E-state index in [1.54, 1.807) is 6.07 Å². The zero-order valence-electron chi connectivity index (χ0n) is 6.00. The van der Waals surface area contributed by atoms with Crippen LogP contribution in [0, 0.1) is 4.91 Å². The molecule has 0 aromatic heterocycles. The number of nitrogens with one attached hydrogen (secondary N) is 1. The zero-order chi connectivity index (χ0) is 7.68. The molecule has 1 aliphatic rings. The Labute approximate surface area is 64.4 Å². The number of hydrogen-bond donors (Lipinski definition) is 1. The normalized spacial score (nSPS) is 13.8. The molecule has 0 saturated heterocycles. The van der Waals surface area contributed by atoms with Crippen LogP contribution >= 0.6 is 0 Å². The Hall–Kier alpha value is -1.38. The first-order valence-corrected chi connectivity index (χ1v) is 3.60. The highest BCUT2D eigenvalue weighted by Crippen LogP contribution is 2.26. The quantitative estimate of drug-likeness (QED) is 0.619. The highest BCUT2D eigenvalue weighted by molar-refractivity contribution is 5.60. The molecule has 56 valence electrons. The summed E-state index contributed by atoms with van der Waals surface area (Å²) in [6.07, 6.45) is 0.999. The maximum absolute atomic E-state index is 10.1. The van der Waals surface area contributed by atoms with Gasteiger partial charge in [0.15, 0.2) is 0 Å². The van der Waals surface area contributed by atoms with Crippen molar-refractivity contribution in [2.75, 3.05) is 11.9 Å². The van der Waals surface area contributed by atoms with Crippen molar-refractivity contribution in [1.29, 1.82) is 0 Å². The molecule has 1 N–H and O–H groups in total. The van der Waals surface area contributed by atoms with E-state index in [4.69, 9.17) is 0 Å². The Morgan fingerprint density at radius 1 is 1.45 bits per heavy atom. The fourth-order valence-electron chi connectivity index (χ4n) is 1.35. The van der Waals surface area contributed by atoms with Gasteiger partial charge in [-0.05, 0) is 35.4 Å². The molecule has 11 heavy (non-hydrogen) atoms. The molecule has 1 aromatic carbocycles. The molecule has 0 unspecified atom stereocenters. The molecule has 1 heterocycles. The number of fused-ring (bicyclic) bond motifs is 1. The highest BCUT2D eigenvalue weighted by atomic mass is 16.3. The summed E-state index contributed by atoms with van der Waals surface area (Å²) in [5.74, 6) is 0. The first-order valence-electron chi connectivity index (χ1n) is 3.60. The first kappa shape index (κ1) is 6.34. The minimum atomic E-state index is 0.521. The third kappa shape index (κ3) is 0.981. The molecule has 1 aliphatic heterocycles. The van der Waals surface area contributed by atoms with Gasteiger partial charge in [0.25, 0.3) is 0 Å². The van der Waals surface area contributed by atoms with Crippen LogP contribution in [0.15, 0.2) is 23.4 Å². The third-order valence-corrected chi connectivity index (χ3v) is 1.90. The molecule has 0 atom stereocenters. The molecule has 1 aromatic rings. The predicted octanol–water partition coefficient (Wildman–Crippen LogP) is 2.05. The molecular weight excluding hydrogens is 140 g/mol. The van der Waals surface area contributed by atoms with Gasteiger partial charge in [-0.15, -0.1) is 4.91 Å². The molecule has 0 spiro atoms. The third-order valence-electron chi connectivity index (χ3n) is 1.90. The summed E-state index contributed by atoms with van der Waals surface area (Å²) in [6, 6.07) is 5.46. The van der Waals surface area contributed by atoms with Gasteiger partial charge < -0.3 is 5.32 Å². The number of benzene rings is 1. The predicted molar refractivity (Wildman–Crippen MR) is 44.1 cm³/mol. The van der Waals surface area contributed by atoms with Gasteiger partial charge in [0.05, 0.1) is 0 Å². The van der Waals surface area contributed by atoms with Gasteiger partial charge in [-0.3, -0.25) is 0 Å². The molecule has 2 rings (SSSR count). The molecule has 0 fully saturated rings. The lowest BCUT2D eigenvalue weighted by Gasteiger charge is -1.97. The van der Waals surface area contributed by atoms with E-state index in [9.17, 15) is 4.91 Å². The standard InChI is InChI=1S/C8H8N2O/c11-10-7-1-2-8-6(5-7)3-4-9-8/h1-2,5,9H,3-4H2. The second-order valence-corrected chi connectivity index (χ2v) is 2.61. The summed E-state index contributed by atoms with van der Waals surface area (Å²) in [7, 11) is 0. The van der Waals surface area contributed by atoms with Crippen molar-refractivity contribution in [2.45, 2.75) is 6.42 Å². The average Bonchev–Trinajstić information content (AvgIpc) is 2.50. The maximum Gasteiger partial charge on any atom is 0.108 e. The van der Waals surface area contributed by atoms with Crippen LogP contribution in [0.4, 0.5) is 11.4 Å². The Balaban J connectivity index is 2.48. The van der Waals surface area contributed by atoms with Crippen molar-refractivity contribution in [3.8, 4) is 0 Å². The summed E-state index contributed by atoms with van der Waals surface area (Å²) in [5, 5.41) is 6.08. The van der Waals surface area contributed by atoms with Gasteiger partial charge in [0, 0.05) is 12.2 Å². The van der Waals surface area contributed by atoms with E-state index in [-0.39, 0.29) is 0 Å². The molecule has 0 aliphatic carbocycles. The Bertz CT molecular complexity index is 296. The van der Waals surface area contributed by atoms with Crippen LogP contribution in [0.3, 0.4) is 0 Å². The molecule has 3 heteroatoms. The molecule has 0 bridgehead atoms. The average molecular weight is 148 g/mol. The van der Waals surface area contributed by atoms with Crippen LogP contribution in [-0.2, 0) is 6.42 Å². The van der Waals surface area contributed by atoms with Crippen LogP contribution < -0.4 is 5.32 Å². The fraction of sp³-hybridized carbons (Fsp3) is 0.250. The van der Waals surface area contributed by atoms with Crippen molar-refractivity contribution in [3.63, 3.8) is 0 Å². The van der Waals surface area contributed by atoms with Crippen molar-refractivity contribution in [3.05, 3.63) is 28.7 Å². The van der Waals surface area contributed by atoms with E-state index in [0.29, 0.717) is 5.69 Å². The SMILES string of the molecule is O=Nc1ccc2c(c1)CCN2. The minimum Gasteiger partial charge on any atom is -0.384 e. The van der Waals surface area contributed by atoms with Gasteiger partial charge in [0.2, 0.25) is 0 Å². The number of rotatable bonds is 1. The molecule has 0 amide bonds. The Morgan fingerprint density at radius 2 is 2.36 bits per heavy atom. The van der Waals surface area contributed by atoms with Crippen LogP contribution in [0.5, 0.6) is 0 Å². The zero-order valence-corrected chi connectivity index (χ0v) is 6.00. The fourth-order valence-corrected chi connectivity index (χ4v) is 1.35. The molecule has 3 nitrogen and oxygen atoms in total. The summed E-state index contributed by atoms with van der Waals surface area (Å²) < 4.78 is 0. The first-order chi connectivity index (χ1) is 5.40.